The van der Waals surface area contributed by atoms with Gasteiger partial charge in [0, 0.05) is 44.0 Å². The number of nitrogens with one attached hydrogen (secondary N) is 1. The molecule has 2 aliphatic heterocycles. The molecule has 1 amide bonds. The molecule has 0 radical (unpaired) electrons. The standard InChI is InChI=1S/C28H33F2N3O6S2/c1-28(10-3-4-12-38-28)27(34)32-41(35,36)24-13-19(15-31)26(25(30)14-24)39-21(9-11-33-16-22(17-33)37-2)18-40-23-7-5-20(29)6-8-23/h5-8,13-14,21-22H,3-4,9-12,16-18H2,1-2H3,(H,32,34)/t21-,28-/m1/s1. The maximum atomic E-state index is 15.4. The van der Waals surface area contributed by atoms with Gasteiger partial charge >= 0.3 is 0 Å². The fraction of sp³-hybridized carbons (Fsp3) is 0.500. The molecule has 222 valence electrons. The van der Waals surface area contributed by atoms with Gasteiger partial charge in [0.2, 0.25) is 0 Å². The van der Waals surface area contributed by atoms with Crippen molar-refractivity contribution in [2.75, 3.05) is 39.1 Å². The van der Waals surface area contributed by atoms with E-state index in [-0.39, 0.29) is 23.2 Å². The Morgan fingerprint density at radius 2 is 2.00 bits per heavy atom. The van der Waals surface area contributed by atoms with Crippen LogP contribution in [-0.2, 0) is 24.3 Å². The lowest BCUT2D eigenvalue weighted by Gasteiger charge is -2.38. The predicted octanol–water partition coefficient (Wildman–Crippen LogP) is 3.86. The minimum Gasteiger partial charge on any atom is -0.485 e. The number of methoxy groups -OCH3 is 1. The van der Waals surface area contributed by atoms with Gasteiger partial charge in [0.25, 0.3) is 15.9 Å². The number of hydrogen-bond acceptors (Lipinski definition) is 9. The second kappa shape index (κ2) is 13.5. The highest BCUT2D eigenvalue weighted by atomic mass is 32.2. The quantitative estimate of drug-likeness (QED) is 0.358. The van der Waals surface area contributed by atoms with Crippen molar-refractivity contribution in [3.63, 3.8) is 0 Å². The van der Waals surface area contributed by atoms with E-state index in [0.29, 0.717) is 38.2 Å². The van der Waals surface area contributed by atoms with Crippen LogP contribution in [-0.4, -0.2) is 76.1 Å². The summed E-state index contributed by atoms with van der Waals surface area (Å²) in [5.41, 5.74) is -1.64. The smallest absolute Gasteiger partial charge is 0.265 e. The molecule has 41 heavy (non-hydrogen) atoms. The number of rotatable bonds is 12. The number of amides is 1. The molecule has 2 aliphatic rings. The monoisotopic (exact) mass is 609 g/mol. The first-order valence-corrected chi connectivity index (χ1v) is 15.7. The third-order valence-corrected chi connectivity index (χ3v) is 9.64. The summed E-state index contributed by atoms with van der Waals surface area (Å²) in [7, 11) is -2.85. The fourth-order valence-electron chi connectivity index (χ4n) is 4.57. The van der Waals surface area contributed by atoms with E-state index >= 15 is 4.39 Å². The number of carbonyl (C=O) groups excluding carboxylic acids is 1. The molecule has 2 fully saturated rings. The molecule has 13 heteroatoms. The third kappa shape index (κ3) is 7.96. The zero-order valence-corrected chi connectivity index (χ0v) is 24.5. The first-order valence-electron chi connectivity index (χ1n) is 13.3. The van der Waals surface area contributed by atoms with E-state index in [9.17, 15) is 22.9 Å². The summed E-state index contributed by atoms with van der Waals surface area (Å²) in [6.45, 7) is 3.99. The first kappa shape index (κ1) is 31.2. The second-order valence-corrected chi connectivity index (χ2v) is 13.1. The average molecular weight is 610 g/mol. The maximum Gasteiger partial charge on any atom is 0.265 e. The van der Waals surface area contributed by atoms with Crippen LogP contribution >= 0.6 is 11.8 Å². The molecule has 2 heterocycles. The molecule has 2 saturated heterocycles. The number of ether oxygens (including phenoxy) is 3. The topological polar surface area (TPSA) is 118 Å². The molecule has 0 unspecified atom stereocenters. The van der Waals surface area contributed by atoms with Gasteiger partial charge in [0.05, 0.1) is 16.6 Å². The van der Waals surface area contributed by atoms with Crippen molar-refractivity contribution in [1.82, 2.24) is 9.62 Å². The summed E-state index contributed by atoms with van der Waals surface area (Å²) in [4.78, 5) is 15.1. The molecular formula is C28H33F2N3O6S2. The van der Waals surface area contributed by atoms with Gasteiger partial charge in [-0.15, -0.1) is 11.8 Å². The van der Waals surface area contributed by atoms with Crippen molar-refractivity contribution < 1.29 is 36.2 Å². The number of likely N-dealkylation sites (tertiary alicyclic amines) is 1. The predicted molar refractivity (Wildman–Crippen MR) is 148 cm³/mol. The summed E-state index contributed by atoms with van der Waals surface area (Å²) in [5.74, 6) is -2.26. The molecule has 0 bridgehead atoms. The lowest BCUT2D eigenvalue weighted by molar-refractivity contribution is -0.148. The van der Waals surface area contributed by atoms with E-state index in [1.165, 1.54) is 30.8 Å². The summed E-state index contributed by atoms with van der Waals surface area (Å²) in [6, 6.07) is 9.48. The van der Waals surface area contributed by atoms with Crippen molar-refractivity contribution in [2.45, 2.75) is 60.2 Å². The van der Waals surface area contributed by atoms with Crippen LogP contribution in [0.3, 0.4) is 0 Å². The van der Waals surface area contributed by atoms with Gasteiger partial charge in [-0.25, -0.2) is 21.9 Å². The van der Waals surface area contributed by atoms with Crippen LogP contribution in [0.5, 0.6) is 5.75 Å². The summed E-state index contributed by atoms with van der Waals surface area (Å²) in [5, 5.41) is 9.77. The molecule has 0 saturated carbocycles. The lowest BCUT2D eigenvalue weighted by Crippen LogP contribution is -2.52. The van der Waals surface area contributed by atoms with E-state index in [2.05, 4.69) is 4.90 Å². The average Bonchev–Trinajstić information content (AvgIpc) is 2.92. The molecule has 4 rings (SSSR count). The van der Waals surface area contributed by atoms with Gasteiger partial charge in [-0.05, 0) is 69.0 Å². The van der Waals surface area contributed by atoms with Crippen molar-refractivity contribution in [3.05, 3.63) is 53.6 Å². The Kier molecular flexibility index (Phi) is 10.3. The molecule has 0 spiro atoms. The van der Waals surface area contributed by atoms with Crippen molar-refractivity contribution in [3.8, 4) is 11.8 Å². The van der Waals surface area contributed by atoms with Gasteiger partial charge in [0.1, 0.15) is 23.6 Å². The second-order valence-electron chi connectivity index (χ2n) is 10.3. The van der Waals surface area contributed by atoms with Gasteiger partial charge < -0.3 is 14.2 Å². The van der Waals surface area contributed by atoms with Crippen LogP contribution in [0.25, 0.3) is 0 Å². The Morgan fingerprint density at radius 1 is 1.27 bits per heavy atom. The Hall–Kier alpha value is -2.76. The van der Waals surface area contributed by atoms with Gasteiger partial charge in [0.15, 0.2) is 11.6 Å². The molecule has 2 aromatic rings. The van der Waals surface area contributed by atoms with Crippen LogP contribution in [0, 0.1) is 23.0 Å². The van der Waals surface area contributed by atoms with Gasteiger partial charge in [-0.3, -0.25) is 9.69 Å². The van der Waals surface area contributed by atoms with Crippen LogP contribution < -0.4 is 9.46 Å². The molecule has 0 aromatic heterocycles. The number of nitrogens with zero attached hydrogens (tertiary/aromatic N) is 2. The van der Waals surface area contributed by atoms with Crippen molar-refractivity contribution >= 4 is 27.7 Å². The highest BCUT2D eigenvalue weighted by molar-refractivity contribution is 7.99. The van der Waals surface area contributed by atoms with Crippen LogP contribution in [0.4, 0.5) is 8.78 Å². The van der Waals surface area contributed by atoms with E-state index in [4.69, 9.17) is 14.2 Å². The van der Waals surface area contributed by atoms with E-state index < -0.39 is 38.3 Å². The largest absolute Gasteiger partial charge is 0.485 e. The number of carbonyl (C=O) groups is 1. The first-order chi connectivity index (χ1) is 19.5. The minimum atomic E-state index is -4.50. The third-order valence-electron chi connectivity index (χ3n) is 7.18. The zero-order chi connectivity index (χ0) is 29.6. The molecule has 9 nitrogen and oxygen atoms in total. The highest BCUT2D eigenvalue weighted by Crippen LogP contribution is 2.31. The Morgan fingerprint density at radius 3 is 2.63 bits per heavy atom. The Labute approximate surface area is 243 Å². The van der Waals surface area contributed by atoms with Crippen LogP contribution in [0.15, 0.2) is 46.2 Å². The van der Waals surface area contributed by atoms with E-state index in [0.717, 1.165) is 36.5 Å². The molecule has 1 N–H and O–H groups in total. The normalized spacial score (nSPS) is 20.6. The molecule has 2 aromatic carbocycles. The lowest BCUT2D eigenvalue weighted by atomic mass is 9.95. The maximum absolute atomic E-state index is 15.4. The van der Waals surface area contributed by atoms with Crippen LogP contribution in [0.1, 0.15) is 38.2 Å². The summed E-state index contributed by atoms with van der Waals surface area (Å²) >= 11 is 1.39. The highest BCUT2D eigenvalue weighted by Gasteiger charge is 2.38. The van der Waals surface area contributed by atoms with Crippen molar-refractivity contribution in [1.29, 1.82) is 5.26 Å². The van der Waals surface area contributed by atoms with Crippen molar-refractivity contribution in [2.24, 2.45) is 0 Å². The SMILES string of the molecule is COC1CN(CC[C@H](CSc2ccc(F)cc2)Oc2c(F)cc(S(=O)(=O)NC(=O)[C@@]3(C)CCCCO3)cc2C#N)C1. The van der Waals surface area contributed by atoms with E-state index in [1.54, 1.807) is 19.2 Å². The van der Waals surface area contributed by atoms with Gasteiger partial charge in [-0.2, -0.15) is 5.26 Å². The number of thioether (sulfide) groups is 1. The fourth-order valence-corrected chi connectivity index (χ4v) is 6.62. The number of halogens is 2. The number of benzene rings is 2. The van der Waals surface area contributed by atoms with E-state index in [1.807, 2.05) is 10.8 Å². The molecular weight excluding hydrogens is 576 g/mol. The zero-order valence-electron chi connectivity index (χ0n) is 22.9. The summed E-state index contributed by atoms with van der Waals surface area (Å²) in [6.07, 6.45) is 1.91. The molecule has 0 aliphatic carbocycles. The number of sulfonamides is 1. The number of hydrogen-bond donors (Lipinski definition) is 1. The van der Waals surface area contributed by atoms with Crippen LogP contribution in [0.2, 0.25) is 0 Å². The van der Waals surface area contributed by atoms with Gasteiger partial charge in [-0.1, -0.05) is 0 Å². The Bertz CT molecular complexity index is 1370. The Balaban J connectivity index is 1.50. The number of nitriles is 1. The molecule has 2 atom stereocenters. The summed E-state index contributed by atoms with van der Waals surface area (Å²) < 4.78 is 73.4. The minimum absolute atomic E-state index is 0.160.